The van der Waals surface area contributed by atoms with Crippen molar-refractivity contribution in [1.29, 1.82) is 0 Å². The molecule has 2 aromatic rings. The Balaban J connectivity index is 1.87. The number of fused-ring (bicyclic) bond motifs is 1. The standard InChI is InChI=1S/C18H23N3OS/c1-3-12-23-13-17(22)21-11-7-10-16(21)18-19-14-8-5-6-9-15(14)20(18)4-2/h3,5-6,8-9,16H,1,4,7,10-13H2,2H3/t16-/m1/s1. The van der Waals surface area contributed by atoms with Crippen LogP contribution in [0.2, 0.25) is 0 Å². The van der Waals surface area contributed by atoms with Crippen molar-refractivity contribution in [2.45, 2.75) is 32.4 Å². The maximum absolute atomic E-state index is 12.6. The molecule has 1 fully saturated rings. The summed E-state index contributed by atoms with van der Waals surface area (Å²) in [6, 6.07) is 8.33. The summed E-state index contributed by atoms with van der Waals surface area (Å²) in [5, 5.41) is 0. The third-order valence-electron chi connectivity index (χ3n) is 4.33. The van der Waals surface area contributed by atoms with Crippen molar-refractivity contribution in [3.63, 3.8) is 0 Å². The van der Waals surface area contributed by atoms with Crippen LogP contribution in [0.25, 0.3) is 11.0 Å². The predicted molar refractivity (Wildman–Crippen MR) is 96.6 cm³/mol. The SMILES string of the molecule is C=CCSCC(=O)N1CCC[C@@H]1c1nc2ccccc2n1CC. The Labute approximate surface area is 141 Å². The zero-order valence-electron chi connectivity index (χ0n) is 13.6. The molecule has 3 rings (SSSR count). The minimum atomic E-state index is 0.110. The molecule has 1 aliphatic heterocycles. The van der Waals surface area contributed by atoms with Gasteiger partial charge in [-0.3, -0.25) is 4.79 Å². The maximum Gasteiger partial charge on any atom is 0.233 e. The van der Waals surface area contributed by atoms with Crippen molar-refractivity contribution in [2.75, 3.05) is 18.1 Å². The number of hydrogen-bond acceptors (Lipinski definition) is 3. The van der Waals surface area contributed by atoms with Crippen LogP contribution >= 0.6 is 11.8 Å². The topological polar surface area (TPSA) is 38.1 Å². The number of rotatable bonds is 6. The van der Waals surface area contributed by atoms with Gasteiger partial charge in [-0.1, -0.05) is 18.2 Å². The van der Waals surface area contributed by atoms with Crippen molar-refractivity contribution < 1.29 is 4.79 Å². The number of benzene rings is 1. The van der Waals surface area contributed by atoms with Crippen molar-refractivity contribution in [3.8, 4) is 0 Å². The minimum absolute atomic E-state index is 0.110. The number of thioether (sulfide) groups is 1. The first-order valence-corrected chi connectivity index (χ1v) is 9.35. The Morgan fingerprint density at radius 2 is 2.30 bits per heavy atom. The quantitative estimate of drug-likeness (QED) is 0.600. The van der Waals surface area contributed by atoms with E-state index < -0.39 is 0 Å². The molecule has 0 saturated carbocycles. The van der Waals surface area contributed by atoms with Gasteiger partial charge in [0.25, 0.3) is 0 Å². The molecule has 1 atom stereocenters. The summed E-state index contributed by atoms with van der Waals surface area (Å²) in [6.45, 7) is 7.56. The number of imidazole rings is 1. The van der Waals surface area contributed by atoms with E-state index in [9.17, 15) is 4.79 Å². The second-order valence-electron chi connectivity index (χ2n) is 5.75. The van der Waals surface area contributed by atoms with Crippen molar-refractivity contribution in [2.24, 2.45) is 0 Å². The van der Waals surface area contributed by atoms with Gasteiger partial charge in [-0.25, -0.2) is 4.98 Å². The summed E-state index contributed by atoms with van der Waals surface area (Å²) < 4.78 is 2.25. The minimum Gasteiger partial charge on any atom is -0.332 e. The highest BCUT2D eigenvalue weighted by Crippen LogP contribution is 2.33. The lowest BCUT2D eigenvalue weighted by molar-refractivity contribution is -0.129. The first kappa shape index (κ1) is 16.1. The van der Waals surface area contributed by atoms with E-state index in [1.165, 1.54) is 0 Å². The number of carbonyl (C=O) groups excluding carboxylic acids is 1. The van der Waals surface area contributed by atoms with Gasteiger partial charge in [0, 0.05) is 18.8 Å². The Morgan fingerprint density at radius 1 is 1.48 bits per heavy atom. The molecule has 1 aliphatic rings. The first-order valence-electron chi connectivity index (χ1n) is 8.19. The lowest BCUT2D eigenvalue weighted by Gasteiger charge is -2.24. The van der Waals surface area contributed by atoms with Gasteiger partial charge in [-0.15, -0.1) is 18.3 Å². The second-order valence-corrected chi connectivity index (χ2v) is 6.78. The highest BCUT2D eigenvalue weighted by Gasteiger charge is 2.33. The molecule has 1 aromatic carbocycles. The van der Waals surface area contributed by atoms with Crippen LogP contribution in [0.4, 0.5) is 0 Å². The monoisotopic (exact) mass is 329 g/mol. The number of amides is 1. The number of aryl methyl sites for hydroxylation is 1. The Morgan fingerprint density at radius 3 is 3.09 bits per heavy atom. The van der Waals surface area contributed by atoms with Gasteiger partial charge in [-0.05, 0) is 31.9 Å². The zero-order valence-corrected chi connectivity index (χ0v) is 14.4. The Hall–Kier alpha value is -1.75. The molecule has 23 heavy (non-hydrogen) atoms. The lowest BCUT2D eigenvalue weighted by Crippen LogP contribution is -2.33. The number of carbonyl (C=O) groups is 1. The summed E-state index contributed by atoms with van der Waals surface area (Å²) in [6.07, 6.45) is 3.90. The van der Waals surface area contributed by atoms with Gasteiger partial charge < -0.3 is 9.47 Å². The van der Waals surface area contributed by atoms with E-state index in [0.29, 0.717) is 5.75 Å². The molecule has 0 spiro atoms. The molecule has 5 heteroatoms. The number of hydrogen-bond donors (Lipinski definition) is 0. The van der Waals surface area contributed by atoms with Crippen LogP contribution in [0.5, 0.6) is 0 Å². The smallest absolute Gasteiger partial charge is 0.233 e. The average Bonchev–Trinajstić information content (AvgIpc) is 3.18. The van der Waals surface area contributed by atoms with Gasteiger partial charge in [0.15, 0.2) is 0 Å². The highest BCUT2D eigenvalue weighted by molar-refractivity contribution is 8.00. The van der Waals surface area contributed by atoms with Gasteiger partial charge in [0.1, 0.15) is 5.82 Å². The molecule has 0 unspecified atom stereocenters. The number of likely N-dealkylation sites (tertiary alicyclic amines) is 1. The molecule has 1 amide bonds. The Kier molecular flexibility index (Phi) is 5.06. The predicted octanol–water partition coefficient (Wildman–Crippen LogP) is 3.64. The van der Waals surface area contributed by atoms with Crippen LogP contribution in [-0.2, 0) is 11.3 Å². The van der Waals surface area contributed by atoms with Gasteiger partial charge in [0.2, 0.25) is 5.91 Å². The van der Waals surface area contributed by atoms with Gasteiger partial charge in [0.05, 0.1) is 22.8 Å². The summed E-state index contributed by atoms with van der Waals surface area (Å²) >= 11 is 1.62. The van der Waals surface area contributed by atoms with E-state index >= 15 is 0 Å². The van der Waals surface area contributed by atoms with E-state index in [0.717, 1.165) is 48.5 Å². The van der Waals surface area contributed by atoms with Crippen molar-refractivity contribution in [3.05, 3.63) is 42.7 Å². The molecule has 0 radical (unpaired) electrons. The van der Waals surface area contributed by atoms with Crippen LogP contribution < -0.4 is 0 Å². The molecule has 0 aliphatic carbocycles. The summed E-state index contributed by atoms with van der Waals surface area (Å²) in [4.78, 5) is 19.4. The van der Waals surface area contributed by atoms with Crippen molar-refractivity contribution in [1.82, 2.24) is 14.5 Å². The van der Waals surface area contributed by atoms with E-state index in [2.05, 4.69) is 24.1 Å². The second kappa shape index (κ2) is 7.21. The molecule has 0 bridgehead atoms. The Bertz CT molecular complexity index is 709. The summed E-state index contributed by atoms with van der Waals surface area (Å²) in [7, 11) is 0. The third-order valence-corrected chi connectivity index (χ3v) is 5.26. The average molecular weight is 329 g/mol. The molecular formula is C18H23N3OS. The maximum atomic E-state index is 12.6. The summed E-state index contributed by atoms with van der Waals surface area (Å²) in [5.41, 5.74) is 2.18. The van der Waals surface area contributed by atoms with E-state index in [1.54, 1.807) is 11.8 Å². The van der Waals surface area contributed by atoms with Gasteiger partial charge >= 0.3 is 0 Å². The lowest BCUT2D eigenvalue weighted by atomic mass is 10.2. The van der Waals surface area contributed by atoms with E-state index in [4.69, 9.17) is 4.98 Å². The fourth-order valence-corrected chi connectivity index (χ4v) is 3.95. The van der Waals surface area contributed by atoms with E-state index in [1.807, 2.05) is 29.2 Å². The normalized spacial score (nSPS) is 17.8. The molecule has 1 saturated heterocycles. The van der Waals surface area contributed by atoms with Crippen LogP contribution in [0, 0.1) is 0 Å². The van der Waals surface area contributed by atoms with Crippen molar-refractivity contribution >= 4 is 28.7 Å². The molecular weight excluding hydrogens is 306 g/mol. The number of aromatic nitrogens is 2. The molecule has 122 valence electrons. The van der Waals surface area contributed by atoms with Gasteiger partial charge in [-0.2, -0.15) is 0 Å². The summed E-state index contributed by atoms with van der Waals surface area (Å²) in [5.74, 6) is 2.59. The van der Waals surface area contributed by atoms with Crippen LogP contribution in [0.1, 0.15) is 31.6 Å². The largest absolute Gasteiger partial charge is 0.332 e. The van der Waals surface area contributed by atoms with E-state index in [-0.39, 0.29) is 11.9 Å². The fraction of sp³-hybridized carbons (Fsp3) is 0.444. The molecule has 2 heterocycles. The van der Waals surface area contributed by atoms with Crippen LogP contribution in [0.15, 0.2) is 36.9 Å². The number of nitrogens with zero attached hydrogens (tertiary/aromatic N) is 3. The highest BCUT2D eigenvalue weighted by atomic mass is 32.2. The van der Waals surface area contributed by atoms with Crippen LogP contribution in [-0.4, -0.2) is 38.4 Å². The molecule has 1 aromatic heterocycles. The third kappa shape index (κ3) is 3.15. The number of para-hydroxylation sites is 2. The molecule has 4 nitrogen and oxygen atoms in total. The molecule has 0 N–H and O–H groups in total. The fourth-order valence-electron chi connectivity index (χ4n) is 3.33. The first-order chi connectivity index (χ1) is 11.3. The van der Waals surface area contributed by atoms with Crippen LogP contribution in [0.3, 0.4) is 0 Å². The zero-order chi connectivity index (χ0) is 16.2.